The summed E-state index contributed by atoms with van der Waals surface area (Å²) in [4.78, 5) is 13.1. The van der Waals surface area contributed by atoms with E-state index in [1.807, 2.05) is 39.8 Å². The van der Waals surface area contributed by atoms with Gasteiger partial charge in [0.2, 0.25) is 0 Å². The fraction of sp³-hybridized carbons (Fsp3) is 0.889. The highest BCUT2D eigenvalue weighted by Gasteiger charge is 2.09. The van der Waals surface area contributed by atoms with E-state index in [2.05, 4.69) is 5.32 Å². The van der Waals surface area contributed by atoms with Crippen molar-refractivity contribution in [3.63, 3.8) is 0 Å². The van der Waals surface area contributed by atoms with Crippen LogP contribution in [0.25, 0.3) is 0 Å². The fourth-order valence-corrected chi connectivity index (χ4v) is 1.04. The number of hydrogen-bond acceptors (Lipinski definition) is 3. The molecule has 0 radical (unpaired) electrons. The van der Waals surface area contributed by atoms with Crippen molar-refractivity contribution in [1.82, 2.24) is 10.2 Å². The molecule has 0 aromatic carbocycles. The molecule has 1 amide bonds. The smallest absolute Gasteiger partial charge is 0.407 e. The second-order valence-corrected chi connectivity index (χ2v) is 3.76. The number of hydrogen-bond donors (Lipinski definition) is 1. The molecule has 0 bridgehead atoms. The van der Waals surface area contributed by atoms with Crippen LogP contribution in [-0.2, 0) is 4.74 Å². The molecule has 0 fully saturated rings. The van der Waals surface area contributed by atoms with E-state index in [0.29, 0.717) is 0 Å². The lowest BCUT2D eigenvalue weighted by molar-refractivity contribution is 0.111. The maximum Gasteiger partial charge on any atom is 0.407 e. The molecule has 0 spiro atoms. The number of ether oxygens (including phenoxy) is 1. The SMILES string of the molecule is CC(CN(C)C)NC(=O)OC(C)C. The van der Waals surface area contributed by atoms with Crippen LogP contribution in [0, 0.1) is 0 Å². The molecule has 0 heterocycles. The summed E-state index contributed by atoms with van der Waals surface area (Å²) in [6.07, 6.45) is -0.407. The number of alkyl carbamates (subject to hydrolysis) is 1. The first-order valence-electron chi connectivity index (χ1n) is 4.53. The third-order valence-electron chi connectivity index (χ3n) is 1.35. The predicted molar refractivity (Wildman–Crippen MR) is 52.8 cm³/mol. The minimum Gasteiger partial charge on any atom is -0.447 e. The molecule has 0 aromatic heterocycles. The number of carbonyl (C=O) groups excluding carboxylic acids is 1. The van der Waals surface area contributed by atoms with Crippen molar-refractivity contribution in [3.8, 4) is 0 Å². The third kappa shape index (κ3) is 7.59. The van der Waals surface area contributed by atoms with E-state index in [0.717, 1.165) is 6.54 Å². The van der Waals surface area contributed by atoms with Gasteiger partial charge in [0, 0.05) is 12.6 Å². The molecule has 0 aromatic rings. The second-order valence-electron chi connectivity index (χ2n) is 3.76. The molecule has 1 atom stereocenters. The summed E-state index contributed by atoms with van der Waals surface area (Å²) >= 11 is 0. The molecular formula is C9H20N2O2. The van der Waals surface area contributed by atoms with Crippen LogP contribution in [0.1, 0.15) is 20.8 Å². The van der Waals surface area contributed by atoms with Crippen LogP contribution in [0.3, 0.4) is 0 Å². The minimum atomic E-state index is -0.343. The number of likely N-dealkylation sites (N-methyl/N-ethyl adjacent to an activating group) is 1. The summed E-state index contributed by atoms with van der Waals surface area (Å²) in [7, 11) is 3.93. The van der Waals surface area contributed by atoms with E-state index in [9.17, 15) is 4.79 Å². The van der Waals surface area contributed by atoms with Gasteiger partial charge < -0.3 is 15.0 Å². The highest BCUT2D eigenvalue weighted by molar-refractivity contribution is 5.67. The predicted octanol–water partition coefficient (Wildman–Crippen LogP) is 1.07. The molecule has 0 aliphatic carbocycles. The van der Waals surface area contributed by atoms with Crippen LogP contribution in [0.5, 0.6) is 0 Å². The molecule has 0 aliphatic rings. The number of rotatable bonds is 4. The largest absolute Gasteiger partial charge is 0.447 e. The highest BCUT2D eigenvalue weighted by Crippen LogP contribution is 1.91. The van der Waals surface area contributed by atoms with Crippen molar-refractivity contribution in [2.75, 3.05) is 20.6 Å². The molecule has 13 heavy (non-hydrogen) atoms. The number of carbonyl (C=O) groups is 1. The normalized spacial score (nSPS) is 13.2. The maximum absolute atomic E-state index is 11.1. The van der Waals surface area contributed by atoms with Gasteiger partial charge in [-0.05, 0) is 34.9 Å². The molecule has 4 nitrogen and oxygen atoms in total. The highest BCUT2D eigenvalue weighted by atomic mass is 16.6. The first-order valence-corrected chi connectivity index (χ1v) is 4.53. The van der Waals surface area contributed by atoms with Gasteiger partial charge in [0.15, 0.2) is 0 Å². The van der Waals surface area contributed by atoms with Gasteiger partial charge >= 0.3 is 6.09 Å². The van der Waals surface area contributed by atoms with E-state index >= 15 is 0 Å². The summed E-state index contributed by atoms with van der Waals surface area (Å²) in [6, 6.07) is 0.112. The number of nitrogens with zero attached hydrogens (tertiary/aromatic N) is 1. The lowest BCUT2D eigenvalue weighted by Gasteiger charge is -2.18. The van der Waals surface area contributed by atoms with Crippen LogP contribution >= 0.6 is 0 Å². The number of amides is 1. The van der Waals surface area contributed by atoms with Crippen molar-refractivity contribution in [2.24, 2.45) is 0 Å². The average molecular weight is 188 g/mol. The molecule has 0 aliphatic heterocycles. The second kappa shape index (κ2) is 5.80. The van der Waals surface area contributed by atoms with E-state index < -0.39 is 0 Å². The van der Waals surface area contributed by atoms with Crippen molar-refractivity contribution >= 4 is 6.09 Å². The molecule has 0 saturated heterocycles. The van der Waals surface area contributed by atoms with Gasteiger partial charge in [-0.25, -0.2) is 4.79 Å². The Kier molecular flexibility index (Phi) is 5.46. The van der Waals surface area contributed by atoms with E-state index in [4.69, 9.17) is 4.74 Å². The molecule has 0 rings (SSSR count). The monoisotopic (exact) mass is 188 g/mol. The van der Waals surface area contributed by atoms with Gasteiger partial charge in [-0.15, -0.1) is 0 Å². The van der Waals surface area contributed by atoms with Gasteiger partial charge in [-0.1, -0.05) is 0 Å². The Morgan fingerprint density at radius 2 is 1.92 bits per heavy atom. The van der Waals surface area contributed by atoms with E-state index in [1.165, 1.54) is 0 Å². The van der Waals surface area contributed by atoms with E-state index in [1.54, 1.807) is 0 Å². The summed E-state index contributed by atoms with van der Waals surface area (Å²) in [5.41, 5.74) is 0. The Morgan fingerprint density at radius 1 is 1.38 bits per heavy atom. The van der Waals surface area contributed by atoms with Gasteiger partial charge in [0.05, 0.1) is 6.10 Å². The van der Waals surface area contributed by atoms with Crippen LogP contribution in [0.15, 0.2) is 0 Å². The summed E-state index contributed by atoms with van der Waals surface area (Å²) in [5, 5.41) is 2.74. The lowest BCUT2D eigenvalue weighted by Crippen LogP contribution is -2.40. The van der Waals surface area contributed by atoms with Crippen LogP contribution in [-0.4, -0.2) is 43.8 Å². The Bertz CT molecular complexity index is 158. The van der Waals surface area contributed by atoms with Crippen molar-refractivity contribution in [3.05, 3.63) is 0 Å². The Morgan fingerprint density at radius 3 is 2.31 bits per heavy atom. The van der Waals surface area contributed by atoms with Gasteiger partial charge in [-0.3, -0.25) is 0 Å². The van der Waals surface area contributed by atoms with Gasteiger partial charge in [0.1, 0.15) is 0 Å². The zero-order valence-corrected chi connectivity index (χ0v) is 9.13. The third-order valence-corrected chi connectivity index (χ3v) is 1.35. The maximum atomic E-state index is 11.1. The molecule has 0 saturated carbocycles. The van der Waals surface area contributed by atoms with Crippen molar-refractivity contribution in [2.45, 2.75) is 32.9 Å². The Hall–Kier alpha value is -0.770. The lowest BCUT2D eigenvalue weighted by atomic mass is 10.3. The summed E-state index contributed by atoms with van der Waals surface area (Å²) < 4.78 is 4.93. The van der Waals surface area contributed by atoms with Crippen LogP contribution in [0.4, 0.5) is 4.79 Å². The molecular weight excluding hydrogens is 168 g/mol. The standard InChI is InChI=1S/C9H20N2O2/c1-7(2)13-9(12)10-8(3)6-11(4)5/h7-8H,6H2,1-5H3,(H,10,12). The molecule has 78 valence electrons. The zero-order valence-electron chi connectivity index (χ0n) is 9.13. The quantitative estimate of drug-likeness (QED) is 0.717. The van der Waals surface area contributed by atoms with E-state index in [-0.39, 0.29) is 18.2 Å². The fourth-order valence-electron chi connectivity index (χ4n) is 1.04. The van der Waals surface area contributed by atoms with Crippen LogP contribution in [0.2, 0.25) is 0 Å². The Labute approximate surface area is 80.2 Å². The zero-order chi connectivity index (χ0) is 10.4. The first-order chi connectivity index (χ1) is 5.91. The number of nitrogens with one attached hydrogen (secondary N) is 1. The molecule has 4 heteroatoms. The van der Waals surface area contributed by atoms with Crippen molar-refractivity contribution in [1.29, 1.82) is 0 Å². The molecule has 1 unspecified atom stereocenters. The Balaban J connectivity index is 3.65. The van der Waals surface area contributed by atoms with Gasteiger partial charge in [0.25, 0.3) is 0 Å². The summed E-state index contributed by atoms with van der Waals surface area (Å²) in [6.45, 7) is 6.42. The first kappa shape index (κ1) is 12.2. The minimum absolute atomic E-state index is 0.0634. The topological polar surface area (TPSA) is 41.6 Å². The summed E-state index contributed by atoms with van der Waals surface area (Å²) in [5.74, 6) is 0. The van der Waals surface area contributed by atoms with Gasteiger partial charge in [-0.2, -0.15) is 0 Å². The average Bonchev–Trinajstić information content (AvgIpc) is 1.80. The van der Waals surface area contributed by atoms with Crippen LogP contribution < -0.4 is 5.32 Å². The van der Waals surface area contributed by atoms with Crippen molar-refractivity contribution < 1.29 is 9.53 Å². The molecule has 1 N–H and O–H groups in total.